The Balaban J connectivity index is 1.77. The second-order valence-electron chi connectivity index (χ2n) is 5.76. The first-order valence-corrected chi connectivity index (χ1v) is 7.50. The zero-order chi connectivity index (χ0) is 17.3. The van der Waals surface area contributed by atoms with Gasteiger partial charge < -0.3 is 14.8 Å². The summed E-state index contributed by atoms with van der Waals surface area (Å²) in [6, 6.07) is 8.56. The van der Waals surface area contributed by atoms with Crippen molar-refractivity contribution >= 4 is 23.2 Å². The number of aromatic nitrogens is 2. The van der Waals surface area contributed by atoms with Crippen LogP contribution in [0.1, 0.15) is 27.2 Å². The van der Waals surface area contributed by atoms with Gasteiger partial charge in [0.05, 0.1) is 17.7 Å². The van der Waals surface area contributed by atoms with Gasteiger partial charge in [-0.2, -0.15) is 0 Å². The maximum atomic E-state index is 12.3. The van der Waals surface area contributed by atoms with Crippen molar-refractivity contribution in [3.63, 3.8) is 0 Å². The van der Waals surface area contributed by atoms with E-state index in [1.165, 1.54) is 12.1 Å². The Morgan fingerprint density at radius 1 is 1.21 bits per heavy atom. The number of aryl methyl sites for hydroxylation is 2. The smallest absolute Gasteiger partial charge is 0.335 e. The molecule has 0 saturated carbocycles. The molecular formula is C18H17N3O3. The molecule has 1 amide bonds. The summed E-state index contributed by atoms with van der Waals surface area (Å²) in [5.74, 6) is -1.26. The molecule has 24 heavy (non-hydrogen) atoms. The lowest BCUT2D eigenvalue weighted by Gasteiger charge is -2.08. The number of carboxylic acid groups (broad SMARTS) is 1. The van der Waals surface area contributed by atoms with E-state index in [0.29, 0.717) is 11.4 Å². The summed E-state index contributed by atoms with van der Waals surface area (Å²) in [5.41, 5.74) is 4.00. The molecule has 6 nitrogen and oxygen atoms in total. The molecule has 6 heteroatoms. The van der Waals surface area contributed by atoms with E-state index in [2.05, 4.69) is 10.3 Å². The minimum Gasteiger partial charge on any atom is -0.478 e. The summed E-state index contributed by atoms with van der Waals surface area (Å²) in [4.78, 5) is 27.7. The summed E-state index contributed by atoms with van der Waals surface area (Å²) in [5, 5.41) is 11.8. The highest BCUT2D eigenvalue weighted by Gasteiger charge is 2.11. The van der Waals surface area contributed by atoms with Gasteiger partial charge in [0, 0.05) is 18.1 Å². The molecular weight excluding hydrogens is 306 g/mol. The molecule has 0 fully saturated rings. The van der Waals surface area contributed by atoms with Gasteiger partial charge in [-0.1, -0.05) is 6.07 Å². The van der Waals surface area contributed by atoms with Crippen molar-refractivity contribution in [2.24, 2.45) is 0 Å². The molecule has 1 aromatic carbocycles. The van der Waals surface area contributed by atoms with E-state index in [1.54, 1.807) is 6.07 Å². The molecule has 0 bridgehead atoms. The zero-order valence-electron chi connectivity index (χ0n) is 13.4. The number of hydrogen-bond acceptors (Lipinski definition) is 3. The second kappa shape index (κ2) is 6.16. The number of carbonyl (C=O) groups is 2. The minimum absolute atomic E-state index is 0.122. The number of benzene rings is 1. The number of amides is 1. The number of anilines is 1. The molecule has 0 spiro atoms. The third kappa shape index (κ3) is 3.27. The van der Waals surface area contributed by atoms with Crippen molar-refractivity contribution in [1.82, 2.24) is 9.38 Å². The van der Waals surface area contributed by atoms with Crippen LogP contribution in [-0.4, -0.2) is 26.4 Å². The van der Waals surface area contributed by atoms with Crippen LogP contribution in [0.3, 0.4) is 0 Å². The monoisotopic (exact) mass is 323 g/mol. The topological polar surface area (TPSA) is 83.7 Å². The second-order valence-corrected chi connectivity index (χ2v) is 5.76. The Morgan fingerprint density at radius 3 is 2.75 bits per heavy atom. The highest BCUT2D eigenvalue weighted by atomic mass is 16.4. The Labute approximate surface area is 138 Å². The van der Waals surface area contributed by atoms with E-state index in [1.807, 2.05) is 42.8 Å². The van der Waals surface area contributed by atoms with Crippen LogP contribution in [0.2, 0.25) is 0 Å². The zero-order valence-corrected chi connectivity index (χ0v) is 13.4. The number of fused-ring (bicyclic) bond motifs is 1. The standard InChI is InChI=1S/C18H17N3O3/c1-11-5-6-21-10-14(19-16(21)7-11)9-17(22)20-15-8-13(18(23)24)4-3-12(15)2/h3-8,10H,9H2,1-2H3,(H,20,22)(H,23,24). The summed E-state index contributed by atoms with van der Waals surface area (Å²) in [6.45, 7) is 3.80. The fourth-order valence-corrected chi connectivity index (χ4v) is 2.47. The number of rotatable bonds is 4. The summed E-state index contributed by atoms with van der Waals surface area (Å²) in [6.07, 6.45) is 3.84. The van der Waals surface area contributed by atoms with Crippen LogP contribution in [0.4, 0.5) is 5.69 Å². The lowest BCUT2D eigenvalue weighted by Crippen LogP contribution is -2.16. The van der Waals surface area contributed by atoms with Crippen LogP contribution in [0.5, 0.6) is 0 Å². The van der Waals surface area contributed by atoms with E-state index >= 15 is 0 Å². The largest absolute Gasteiger partial charge is 0.478 e. The van der Waals surface area contributed by atoms with E-state index in [-0.39, 0.29) is 17.9 Å². The first kappa shape index (κ1) is 15.7. The fourth-order valence-electron chi connectivity index (χ4n) is 2.47. The fraction of sp³-hybridized carbons (Fsp3) is 0.167. The van der Waals surface area contributed by atoms with Gasteiger partial charge in [0.25, 0.3) is 0 Å². The molecule has 3 rings (SSSR count). The lowest BCUT2D eigenvalue weighted by atomic mass is 10.1. The van der Waals surface area contributed by atoms with E-state index < -0.39 is 5.97 Å². The highest BCUT2D eigenvalue weighted by molar-refractivity contribution is 5.95. The third-order valence-electron chi connectivity index (χ3n) is 3.77. The van der Waals surface area contributed by atoms with Gasteiger partial charge in [0.2, 0.25) is 5.91 Å². The average molecular weight is 323 g/mol. The number of carboxylic acids is 1. The van der Waals surface area contributed by atoms with Crippen molar-refractivity contribution in [3.8, 4) is 0 Å². The number of aromatic carboxylic acids is 1. The number of carbonyl (C=O) groups excluding carboxylic acids is 1. The van der Waals surface area contributed by atoms with E-state index in [0.717, 1.165) is 16.8 Å². The van der Waals surface area contributed by atoms with Crippen LogP contribution in [-0.2, 0) is 11.2 Å². The maximum Gasteiger partial charge on any atom is 0.335 e. The van der Waals surface area contributed by atoms with Gasteiger partial charge in [-0.25, -0.2) is 9.78 Å². The predicted octanol–water partition coefficient (Wildman–Crippen LogP) is 2.83. The molecule has 0 radical (unpaired) electrons. The van der Waals surface area contributed by atoms with Crippen molar-refractivity contribution in [2.75, 3.05) is 5.32 Å². The third-order valence-corrected chi connectivity index (χ3v) is 3.77. The molecule has 0 atom stereocenters. The summed E-state index contributed by atoms with van der Waals surface area (Å²) >= 11 is 0. The minimum atomic E-state index is -1.03. The van der Waals surface area contributed by atoms with E-state index in [4.69, 9.17) is 5.11 Å². The van der Waals surface area contributed by atoms with Crippen LogP contribution in [0.15, 0.2) is 42.7 Å². The molecule has 2 aromatic heterocycles. The van der Waals surface area contributed by atoms with Gasteiger partial charge >= 0.3 is 5.97 Å². The number of imidazole rings is 1. The maximum absolute atomic E-state index is 12.3. The van der Waals surface area contributed by atoms with Crippen molar-refractivity contribution in [1.29, 1.82) is 0 Å². The molecule has 2 N–H and O–H groups in total. The molecule has 2 heterocycles. The van der Waals surface area contributed by atoms with Crippen molar-refractivity contribution < 1.29 is 14.7 Å². The Morgan fingerprint density at radius 2 is 2.00 bits per heavy atom. The van der Waals surface area contributed by atoms with Gasteiger partial charge in [-0.15, -0.1) is 0 Å². The summed E-state index contributed by atoms with van der Waals surface area (Å²) < 4.78 is 1.87. The molecule has 122 valence electrons. The van der Waals surface area contributed by atoms with Gasteiger partial charge in [0.1, 0.15) is 5.65 Å². The highest BCUT2D eigenvalue weighted by Crippen LogP contribution is 2.17. The Hall–Kier alpha value is -3.15. The van der Waals surface area contributed by atoms with Crippen LogP contribution < -0.4 is 5.32 Å². The number of pyridine rings is 1. The first-order valence-electron chi connectivity index (χ1n) is 7.50. The van der Waals surface area contributed by atoms with Crippen LogP contribution in [0.25, 0.3) is 5.65 Å². The van der Waals surface area contributed by atoms with Crippen molar-refractivity contribution in [3.05, 3.63) is 65.1 Å². The quantitative estimate of drug-likeness (QED) is 0.773. The average Bonchev–Trinajstić information content (AvgIpc) is 2.90. The first-order chi connectivity index (χ1) is 11.4. The SMILES string of the molecule is Cc1ccn2cc(CC(=O)Nc3cc(C(=O)O)ccc3C)nc2c1. The molecule has 0 aliphatic rings. The van der Waals surface area contributed by atoms with Gasteiger partial charge in [-0.05, 0) is 49.2 Å². The van der Waals surface area contributed by atoms with Gasteiger partial charge in [-0.3, -0.25) is 4.79 Å². The van der Waals surface area contributed by atoms with Crippen LogP contribution in [0, 0.1) is 13.8 Å². The Kier molecular flexibility index (Phi) is 4.04. The molecule has 0 aliphatic carbocycles. The predicted molar refractivity (Wildman–Crippen MR) is 90.4 cm³/mol. The molecule has 3 aromatic rings. The molecule has 0 saturated heterocycles. The van der Waals surface area contributed by atoms with Crippen molar-refractivity contribution in [2.45, 2.75) is 20.3 Å². The normalized spacial score (nSPS) is 10.8. The Bertz CT molecular complexity index is 944. The number of nitrogens with one attached hydrogen (secondary N) is 1. The van der Waals surface area contributed by atoms with E-state index in [9.17, 15) is 9.59 Å². The number of nitrogens with zero attached hydrogens (tertiary/aromatic N) is 2. The molecule has 0 unspecified atom stereocenters. The van der Waals surface area contributed by atoms with Gasteiger partial charge in [0.15, 0.2) is 0 Å². The molecule has 0 aliphatic heterocycles. The summed E-state index contributed by atoms with van der Waals surface area (Å²) in [7, 11) is 0. The lowest BCUT2D eigenvalue weighted by molar-refractivity contribution is -0.115. The number of hydrogen-bond donors (Lipinski definition) is 2. The van der Waals surface area contributed by atoms with Crippen LogP contribution >= 0.6 is 0 Å².